The molecule has 1 saturated heterocycles. The maximum absolute atomic E-state index is 12.7. The van der Waals surface area contributed by atoms with Crippen LogP contribution in [0, 0.1) is 12.8 Å². The minimum Gasteiger partial charge on any atom is -0.423 e. The van der Waals surface area contributed by atoms with Crippen molar-refractivity contribution >= 4 is 49.7 Å². The molecule has 6 nitrogen and oxygen atoms in total. The molecule has 142 valence electrons. The van der Waals surface area contributed by atoms with Gasteiger partial charge in [0.15, 0.2) is 10.7 Å². The number of piperidine rings is 1. The van der Waals surface area contributed by atoms with Crippen molar-refractivity contribution in [1.29, 1.82) is 0 Å². The number of anilines is 2. The highest BCUT2D eigenvalue weighted by Gasteiger charge is 2.27. The van der Waals surface area contributed by atoms with Crippen LogP contribution in [0.1, 0.15) is 18.4 Å². The number of nitrogens with zero attached hydrogens (tertiary/aromatic N) is 3. The fraction of sp³-hybridized carbons (Fsp3) is 0.286. The molecule has 7 heteroatoms. The molecule has 0 unspecified atom stereocenters. The van der Waals surface area contributed by atoms with E-state index in [-0.39, 0.29) is 11.8 Å². The molecule has 5 rings (SSSR count). The molecule has 2 aromatic carbocycles. The van der Waals surface area contributed by atoms with Crippen LogP contribution in [-0.2, 0) is 4.79 Å². The zero-order valence-corrected chi connectivity index (χ0v) is 16.3. The lowest BCUT2D eigenvalue weighted by Crippen LogP contribution is -2.38. The topological polar surface area (TPSA) is 71.3 Å². The molecule has 4 aromatic rings. The van der Waals surface area contributed by atoms with Gasteiger partial charge in [-0.25, -0.2) is 4.98 Å². The lowest BCUT2D eigenvalue weighted by atomic mass is 9.96. The number of fused-ring (bicyclic) bond motifs is 2. The zero-order valence-electron chi connectivity index (χ0n) is 15.5. The van der Waals surface area contributed by atoms with Gasteiger partial charge in [0.05, 0.1) is 10.2 Å². The minimum atomic E-state index is -0.0197. The summed E-state index contributed by atoms with van der Waals surface area (Å²) in [6, 6.07) is 14.5. The number of thiazole rings is 1. The molecule has 0 saturated carbocycles. The third-order valence-corrected chi connectivity index (χ3v) is 6.21. The number of benzene rings is 2. The summed E-state index contributed by atoms with van der Waals surface area (Å²) in [5.74, 6) is 0.0302. The first-order valence-corrected chi connectivity index (χ1v) is 10.3. The summed E-state index contributed by atoms with van der Waals surface area (Å²) in [6.07, 6.45) is 1.54. The molecule has 0 bridgehead atoms. The summed E-state index contributed by atoms with van der Waals surface area (Å²) in [6.45, 7) is 3.54. The van der Waals surface area contributed by atoms with Gasteiger partial charge in [0.25, 0.3) is 6.01 Å². The molecule has 1 aliphatic rings. The van der Waals surface area contributed by atoms with Crippen LogP contribution in [-0.4, -0.2) is 29.0 Å². The molecule has 28 heavy (non-hydrogen) atoms. The first-order chi connectivity index (χ1) is 13.7. The van der Waals surface area contributed by atoms with Gasteiger partial charge in [-0.15, -0.1) is 0 Å². The van der Waals surface area contributed by atoms with E-state index in [2.05, 4.69) is 20.2 Å². The van der Waals surface area contributed by atoms with Gasteiger partial charge in [-0.1, -0.05) is 35.6 Å². The van der Waals surface area contributed by atoms with Gasteiger partial charge in [0.1, 0.15) is 5.52 Å². The average molecular weight is 392 g/mol. The Morgan fingerprint density at radius 2 is 1.96 bits per heavy atom. The SMILES string of the molecule is Cc1cccc2sc(NC(=O)C3CCN(c4nc5ccccc5o4)CC3)nc12. The lowest BCUT2D eigenvalue weighted by molar-refractivity contribution is -0.120. The summed E-state index contributed by atoms with van der Waals surface area (Å²) in [4.78, 5) is 24.0. The molecule has 0 aliphatic carbocycles. The van der Waals surface area contributed by atoms with Crippen molar-refractivity contribution < 1.29 is 9.21 Å². The van der Waals surface area contributed by atoms with Crippen LogP contribution in [0.4, 0.5) is 11.1 Å². The van der Waals surface area contributed by atoms with Crippen LogP contribution >= 0.6 is 11.3 Å². The summed E-state index contributed by atoms with van der Waals surface area (Å²) in [5.41, 5.74) is 3.75. The van der Waals surface area contributed by atoms with E-state index in [9.17, 15) is 4.79 Å². The van der Waals surface area contributed by atoms with E-state index in [0.717, 1.165) is 52.8 Å². The first kappa shape index (κ1) is 17.2. The van der Waals surface area contributed by atoms with Crippen molar-refractivity contribution in [1.82, 2.24) is 9.97 Å². The van der Waals surface area contributed by atoms with Gasteiger partial charge in [0.2, 0.25) is 5.91 Å². The number of aromatic nitrogens is 2. The largest absolute Gasteiger partial charge is 0.423 e. The van der Waals surface area contributed by atoms with Crippen molar-refractivity contribution in [2.45, 2.75) is 19.8 Å². The summed E-state index contributed by atoms with van der Waals surface area (Å²) in [5, 5.41) is 3.69. The van der Waals surface area contributed by atoms with E-state index < -0.39 is 0 Å². The van der Waals surface area contributed by atoms with Crippen molar-refractivity contribution in [3.8, 4) is 0 Å². The Labute approximate surface area is 166 Å². The number of hydrogen-bond acceptors (Lipinski definition) is 6. The van der Waals surface area contributed by atoms with Crippen LogP contribution in [0.3, 0.4) is 0 Å². The Hall–Kier alpha value is -2.93. The Balaban J connectivity index is 1.24. The summed E-state index contributed by atoms with van der Waals surface area (Å²) < 4.78 is 6.95. The Bertz CT molecular complexity index is 1120. The third-order valence-electron chi connectivity index (χ3n) is 5.27. The second-order valence-electron chi connectivity index (χ2n) is 7.16. The highest BCUT2D eigenvalue weighted by molar-refractivity contribution is 7.22. The van der Waals surface area contributed by atoms with Gasteiger partial charge in [-0.3, -0.25) is 4.79 Å². The lowest BCUT2D eigenvalue weighted by Gasteiger charge is -2.29. The van der Waals surface area contributed by atoms with E-state index in [1.807, 2.05) is 49.4 Å². The van der Waals surface area contributed by atoms with Gasteiger partial charge in [-0.2, -0.15) is 4.98 Å². The Morgan fingerprint density at radius 1 is 1.14 bits per heavy atom. The third kappa shape index (κ3) is 3.11. The normalized spacial score (nSPS) is 15.4. The molecular formula is C21H20N4O2S. The number of oxazole rings is 1. The Morgan fingerprint density at radius 3 is 2.75 bits per heavy atom. The number of rotatable bonds is 3. The standard InChI is InChI=1S/C21H20N4O2S/c1-13-5-4-8-17-18(13)23-20(28-17)24-19(26)14-9-11-25(12-10-14)21-22-15-6-2-3-7-16(15)27-21/h2-8,14H,9-12H2,1H3,(H,23,24,26). The van der Waals surface area contributed by atoms with E-state index in [4.69, 9.17) is 4.42 Å². The molecular weight excluding hydrogens is 372 g/mol. The van der Waals surface area contributed by atoms with E-state index in [1.54, 1.807) is 0 Å². The maximum atomic E-state index is 12.7. The van der Waals surface area contributed by atoms with Gasteiger partial charge in [-0.05, 0) is 43.5 Å². The van der Waals surface area contributed by atoms with Crippen molar-refractivity contribution in [2.75, 3.05) is 23.3 Å². The molecule has 1 amide bonds. The molecule has 3 heterocycles. The van der Waals surface area contributed by atoms with Gasteiger partial charge < -0.3 is 14.6 Å². The van der Waals surface area contributed by atoms with Gasteiger partial charge >= 0.3 is 0 Å². The Kier molecular flexibility index (Phi) is 4.24. The fourth-order valence-corrected chi connectivity index (χ4v) is 4.62. The van der Waals surface area contributed by atoms with Crippen LogP contribution in [0.5, 0.6) is 0 Å². The second kappa shape index (κ2) is 6.91. The number of carbonyl (C=O) groups is 1. The maximum Gasteiger partial charge on any atom is 0.298 e. The molecule has 1 aliphatic heterocycles. The first-order valence-electron chi connectivity index (χ1n) is 9.45. The highest BCUT2D eigenvalue weighted by atomic mass is 32.1. The van der Waals surface area contributed by atoms with Crippen LogP contribution < -0.4 is 10.2 Å². The van der Waals surface area contributed by atoms with Gasteiger partial charge in [0, 0.05) is 19.0 Å². The van der Waals surface area contributed by atoms with Crippen LogP contribution in [0.25, 0.3) is 21.3 Å². The molecule has 0 radical (unpaired) electrons. The number of para-hydroxylation sites is 3. The fourth-order valence-electron chi connectivity index (χ4n) is 3.68. The number of aryl methyl sites for hydroxylation is 1. The molecule has 0 atom stereocenters. The van der Waals surface area contributed by atoms with Crippen LogP contribution in [0.15, 0.2) is 46.9 Å². The number of nitrogens with one attached hydrogen (secondary N) is 1. The monoisotopic (exact) mass is 392 g/mol. The molecule has 1 fully saturated rings. The van der Waals surface area contributed by atoms with E-state index in [0.29, 0.717) is 11.1 Å². The van der Waals surface area contributed by atoms with Crippen molar-refractivity contribution in [2.24, 2.45) is 5.92 Å². The molecule has 2 aromatic heterocycles. The quantitative estimate of drug-likeness (QED) is 0.552. The van der Waals surface area contributed by atoms with E-state index >= 15 is 0 Å². The van der Waals surface area contributed by atoms with Crippen molar-refractivity contribution in [3.05, 3.63) is 48.0 Å². The molecule has 0 spiro atoms. The second-order valence-corrected chi connectivity index (χ2v) is 8.19. The predicted molar refractivity (Wildman–Crippen MR) is 112 cm³/mol. The smallest absolute Gasteiger partial charge is 0.298 e. The number of carbonyl (C=O) groups excluding carboxylic acids is 1. The predicted octanol–water partition coefficient (Wildman–Crippen LogP) is 4.60. The number of amides is 1. The highest BCUT2D eigenvalue weighted by Crippen LogP contribution is 2.30. The minimum absolute atomic E-state index is 0.0197. The molecule has 1 N–H and O–H groups in total. The van der Waals surface area contributed by atoms with Crippen molar-refractivity contribution in [3.63, 3.8) is 0 Å². The average Bonchev–Trinajstić information content (AvgIpc) is 3.32. The van der Waals surface area contributed by atoms with E-state index in [1.165, 1.54) is 11.3 Å². The van der Waals surface area contributed by atoms with Crippen LogP contribution in [0.2, 0.25) is 0 Å². The number of hydrogen-bond donors (Lipinski definition) is 1. The summed E-state index contributed by atoms with van der Waals surface area (Å²) >= 11 is 1.53. The zero-order chi connectivity index (χ0) is 19.1. The summed E-state index contributed by atoms with van der Waals surface area (Å²) in [7, 11) is 0.